The third-order valence-corrected chi connectivity index (χ3v) is 4.85. The van der Waals surface area contributed by atoms with E-state index < -0.39 is 22.4 Å². The monoisotopic (exact) mass is 384 g/mol. The number of ketones is 4. The van der Waals surface area contributed by atoms with Crippen LogP contribution < -0.4 is 10.6 Å². The van der Waals surface area contributed by atoms with Gasteiger partial charge in [0.1, 0.15) is 0 Å². The quantitative estimate of drug-likeness (QED) is 0.725. The number of rotatable bonds is 3. The smallest absolute Gasteiger partial charge is 0.206 e. The van der Waals surface area contributed by atoms with Crippen LogP contribution in [0.5, 0.6) is 0 Å². The molecule has 2 rings (SSSR count). The maximum absolute atomic E-state index is 13.0. The van der Waals surface area contributed by atoms with Crippen molar-refractivity contribution in [3.8, 4) is 0 Å². The van der Waals surface area contributed by atoms with E-state index in [1.165, 1.54) is 26.2 Å². The van der Waals surface area contributed by atoms with Crippen LogP contribution >= 0.6 is 0 Å². The maximum atomic E-state index is 13.0. The van der Waals surface area contributed by atoms with Gasteiger partial charge >= 0.3 is 0 Å². The fraction of sp³-hybridized carbons (Fsp3) is 0.455. The lowest BCUT2D eigenvalue weighted by Gasteiger charge is -2.30. The topological polar surface area (TPSA) is 92.3 Å². The van der Waals surface area contributed by atoms with Crippen molar-refractivity contribution in [1.29, 1.82) is 0 Å². The van der Waals surface area contributed by atoms with E-state index in [2.05, 4.69) is 10.6 Å². The van der Waals surface area contributed by atoms with Crippen LogP contribution in [0.25, 0.3) is 0 Å². The summed E-state index contributed by atoms with van der Waals surface area (Å²) in [5.41, 5.74) is -0.406. The Hall–Kier alpha value is -2.76. The highest BCUT2D eigenvalue weighted by atomic mass is 16.1. The molecule has 0 atom stereocenters. The van der Waals surface area contributed by atoms with Gasteiger partial charge in [0.05, 0.1) is 22.5 Å². The molecule has 2 aliphatic carbocycles. The van der Waals surface area contributed by atoms with Crippen molar-refractivity contribution < 1.29 is 19.2 Å². The summed E-state index contributed by atoms with van der Waals surface area (Å²) in [7, 11) is 3.05. The van der Waals surface area contributed by atoms with Gasteiger partial charge in [0.2, 0.25) is 11.6 Å². The van der Waals surface area contributed by atoms with E-state index in [-0.39, 0.29) is 34.1 Å². The molecule has 0 unspecified atom stereocenters. The van der Waals surface area contributed by atoms with Crippen LogP contribution in [0.3, 0.4) is 0 Å². The van der Waals surface area contributed by atoms with E-state index in [9.17, 15) is 19.2 Å². The Morgan fingerprint density at radius 2 is 0.893 bits per heavy atom. The summed E-state index contributed by atoms with van der Waals surface area (Å²) in [4.78, 5) is 52.0. The number of Topliss-reactive ketones (excluding diaryl/α,β-unsaturated/α-hetero) is 2. The number of hydrogen-bond acceptors (Lipinski definition) is 6. The summed E-state index contributed by atoms with van der Waals surface area (Å²) in [5, 5.41) is 5.55. The molecule has 0 aromatic carbocycles. The lowest BCUT2D eigenvalue weighted by Crippen LogP contribution is -2.37. The minimum Gasteiger partial charge on any atom is -0.384 e. The molecule has 6 nitrogen and oxygen atoms in total. The van der Waals surface area contributed by atoms with Gasteiger partial charge in [-0.1, -0.05) is 41.5 Å². The van der Waals surface area contributed by atoms with Gasteiger partial charge in [-0.05, 0) is 23.0 Å². The van der Waals surface area contributed by atoms with E-state index in [1.807, 2.05) is 41.5 Å². The van der Waals surface area contributed by atoms with Crippen LogP contribution in [0, 0.1) is 10.8 Å². The van der Waals surface area contributed by atoms with Crippen LogP contribution in [-0.2, 0) is 19.2 Å². The molecule has 0 amide bonds. The molecule has 6 heteroatoms. The molecule has 2 aliphatic rings. The van der Waals surface area contributed by atoms with E-state index in [1.54, 1.807) is 0 Å². The molecule has 0 saturated carbocycles. The highest BCUT2D eigenvalue weighted by Crippen LogP contribution is 2.37. The van der Waals surface area contributed by atoms with Gasteiger partial charge in [0.15, 0.2) is 11.6 Å². The van der Waals surface area contributed by atoms with Crippen LogP contribution in [0.4, 0.5) is 0 Å². The van der Waals surface area contributed by atoms with Crippen LogP contribution in [0.15, 0.2) is 45.8 Å². The number of carbonyl (C=O) groups is 4. The van der Waals surface area contributed by atoms with Gasteiger partial charge in [-0.2, -0.15) is 0 Å². The maximum Gasteiger partial charge on any atom is 0.206 e. The number of nitrogens with one attached hydrogen (secondary N) is 2. The summed E-state index contributed by atoms with van der Waals surface area (Å²) in [5.74, 6) is -1.63. The highest BCUT2D eigenvalue weighted by Gasteiger charge is 2.41. The van der Waals surface area contributed by atoms with Crippen molar-refractivity contribution in [2.75, 3.05) is 14.1 Å². The van der Waals surface area contributed by atoms with Crippen molar-refractivity contribution >= 4 is 23.1 Å². The molecule has 2 N–H and O–H groups in total. The van der Waals surface area contributed by atoms with Gasteiger partial charge in [-0.3, -0.25) is 19.2 Å². The Balaban J connectivity index is 2.75. The van der Waals surface area contributed by atoms with Crippen LogP contribution in [0.1, 0.15) is 41.5 Å². The van der Waals surface area contributed by atoms with Crippen molar-refractivity contribution in [2.24, 2.45) is 10.8 Å². The third-order valence-electron chi connectivity index (χ3n) is 4.85. The normalized spacial score (nSPS) is 19.1. The average Bonchev–Trinajstić information content (AvgIpc) is 2.56. The lowest BCUT2D eigenvalue weighted by atomic mass is 9.73. The Morgan fingerprint density at radius 3 is 1.11 bits per heavy atom. The minimum absolute atomic E-state index is 0.0360. The fourth-order valence-corrected chi connectivity index (χ4v) is 3.37. The zero-order chi connectivity index (χ0) is 21.6. The minimum atomic E-state index is -0.535. The molecular formula is C22H28N2O4. The van der Waals surface area contributed by atoms with Crippen molar-refractivity contribution in [3.05, 3.63) is 45.8 Å². The van der Waals surface area contributed by atoms with Crippen molar-refractivity contribution in [1.82, 2.24) is 10.6 Å². The summed E-state index contributed by atoms with van der Waals surface area (Å²) in [6.45, 7) is 11.0. The number of allylic oxidation sites excluding steroid dienone is 6. The molecule has 0 aliphatic heterocycles. The van der Waals surface area contributed by atoms with E-state index in [0.29, 0.717) is 11.1 Å². The predicted octanol–water partition coefficient (Wildman–Crippen LogP) is 2.18. The number of hydrogen-bond donors (Lipinski definition) is 2. The fourth-order valence-electron chi connectivity index (χ4n) is 3.37. The summed E-state index contributed by atoms with van der Waals surface area (Å²) in [6.07, 6.45) is 2.55. The Morgan fingerprint density at radius 1 is 0.607 bits per heavy atom. The van der Waals surface area contributed by atoms with Crippen molar-refractivity contribution in [3.63, 3.8) is 0 Å². The summed E-state index contributed by atoms with van der Waals surface area (Å²) < 4.78 is 0. The highest BCUT2D eigenvalue weighted by molar-refractivity contribution is 6.33. The SMILES string of the molecule is CNC1=C(C2=C(NC)C(=O)C(C(C)(C)C)=CC2=O)C(=O)C=C(C(C)(C)C)C1=O. The zero-order valence-corrected chi connectivity index (χ0v) is 17.8. The summed E-state index contributed by atoms with van der Waals surface area (Å²) in [6, 6.07) is 0. The van der Waals surface area contributed by atoms with Crippen LogP contribution in [-0.4, -0.2) is 37.2 Å². The second-order valence-electron chi connectivity index (χ2n) is 9.00. The Labute approximate surface area is 165 Å². The predicted molar refractivity (Wildman–Crippen MR) is 107 cm³/mol. The van der Waals surface area contributed by atoms with Gasteiger partial charge in [0, 0.05) is 25.2 Å². The van der Waals surface area contributed by atoms with Crippen LogP contribution in [0.2, 0.25) is 0 Å². The standard InChI is InChI=1S/C22H28N2O4/c1-21(2,3)11-9-13(25)15(17(23-7)19(11)27)16-14(26)10-12(22(4,5)6)20(28)18(16)24-8/h9-10,23-24H,1-8H3. The first-order valence-corrected chi connectivity index (χ1v) is 9.22. The number of carbonyl (C=O) groups excluding carboxylic acids is 4. The molecule has 0 bridgehead atoms. The molecular weight excluding hydrogens is 356 g/mol. The average molecular weight is 384 g/mol. The first kappa shape index (κ1) is 21.5. The van der Waals surface area contributed by atoms with Gasteiger partial charge in [0.25, 0.3) is 0 Å². The molecule has 0 spiro atoms. The van der Waals surface area contributed by atoms with Gasteiger partial charge in [-0.15, -0.1) is 0 Å². The first-order chi connectivity index (χ1) is 12.8. The lowest BCUT2D eigenvalue weighted by molar-refractivity contribution is -0.118. The van der Waals surface area contributed by atoms with Crippen molar-refractivity contribution in [2.45, 2.75) is 41.5 Å². The third kappa shape index (κ3) is 3.51. The molecule has 0 heterocycles. The zero-order valence-electron chi connectivity index (χ0n) is 17.8. The van der Waals surface area contributed by atoms with Gasteiger partial charge in [-0.25, -0.2) is 0 Å². The summed E-state index contributed by atoms with van der Waals surface area (Å²) >= 11 is 0. The molecule has 0 aromatic heterocycles. The van der Waals surface area contributed by atoms with Gasteiger partial charge < -0.3 is 10.6 Å². The molecule has 0 radical (unpaired) electrons. The van der Waals surface area contributed by atoms with E-state index in [4.69, 9.17) is 0 Å². The molecule has 150 valence electrons. The Bertz CT molecular complexity index is 837. The second-order valence-corrected chi connectivity index (χ2v) is 9.00. The Kier molecular flexibility index (Phi) is 5.39. The second kappa shape index (κ2) is 7.00. The van der Waals surface area contributed by atoms with E-state index >= 15 is 0 Å². The molecule has 0 saturated heterocycles. The molecule has 0 aromatic rings. The first-order valence-electron chi connectivity index (χ1n) is 9.22. The molecule has 28 heavy (non-hydrogen) atoms. The largest absolute Gasteiger partial charge is 0.384 e. The number of likely N-dealkylation sites (N-methyl/N-ethyl adjacent to an activating group) is 2. The van der Waals surface area contributed by atoms with E-state index in [0.717, 1.165) is 0 Å². The molecule has 0 fully saturated rings.